The van der Waals surface area contributed by atoms with E-state index in [9.17, 15) is 30.6 Å². The third kappa shape index (κ3) is 13.3. The van der Waals surface area contributed by atoms with E-state index < -0.39 is 46.8 Å². The van der Waals surface area contributed by atoms with Crippen molar-refractivity contribution in [3.63, 3.8) is 0 Å². The second kappa shape index (κ2) is 29.5. The summed E-state index contributed by atoms with van der Waals surface area (Å²) in [7, 11) is 8.24. The number of aliphatic hydroxyl groups excluding tert-OH is 3. The summed E-state index contributed by atoms with van der Waals surface area (Å²) in [6.45, 7) is 7.38. The standard InChI is InChI=1S/C79H96N2O9S4/c1-5-51-22-23-52-15-9-17-62-71(43-82)94-93-45-58-37-72(86)79(66-46-92-91-44-56-14-6-7-19-69(56)90-70-36-55(66)25-26-67(70)84,77(88)74(58)75(87)57(34-50-28-31-80-42-50)35-53-24-27-68(85)76(89-4)64(53)41-63(51)73(52)62)60-38-59(39-61(83)40-60)78-29-10-16-54(65(78)18-11-30-81-78)33-49-13-8-12-48(32-49)21-20-47(2)3/h8-9,12-13,15,17,22-28,31-32,36,38-40,42,47,54,56-58,65-66,69,71-72,74-75,80-87H,5-7,10-11,14,16,18-21,29-30,33-35,37,41,43-46H2,1-4H3. The normalized spacial score (nSPS) is 29.3. The molecule has 4 heterocycles. The Labute approximate surface area is 572 Å². The van der Waals surface area contributed by atoms with E-state index in [-0.39, 0.29) is 59.2 Å². The molecule has 1 aromatic heterocycles. The maximum atomic E-state index is 18.0. The number of fused-ring (bicyclic) bond motifs is 6. The lowest BCUT2D eigenvalue weighted by Gasteiger charge is -2.54. The zero-order chi connectivity index (χ0) is 65.3. The van der Waals surface area contributed by atoms with Crippen LogP contribution in [0.5, 0.6) is 28.7 Å². The Morgan fingerprint density at radius 2 is 1.55 bits per heavy atom. The van der Waals surface area contributed by atoms with E-state index in [1.807, 2.05) is 42.7 Å². The number of aromatic hydroxyl groups is 3. The molecule has 7 aromatic rings. The highest BCUT2D eigenvalue weighted by molar-refractivity contribution is 8.77. The Kier molecular flexibility index (Phi) is 21.1. The third-order valence-electron chi connectivity index (χ3n) is 22.8. The molecule has 3 aliphatic carbocycles. The van der Waals surface area contributed by atoms with Crippen molar-refractivity contribution in [2.75, 3.05) is 37.5 Å². The van der Waals surface area contributed by atoms with Gasteiger partial charge in [-0.1, -0.05) is 150 Å². The number of aryl methyl sites for hydroxylation is 2. The molecule has 0 spiro atoms. The number of phenolic OH excluding ortho intramolecular Hbond substituents is 3. The molecular weight excluding hydrogens is 1250 g/mol. The zero-order valence-electron chi connectivity index (χ0n) is 55.1. The second-order valence-electron chi connectivity index (χ2n) is 28.7. The lowest BCUT2D eigenvalue weighted by atomic mass is 9.52. The number of hydrogen-bond donors (Lipinski definition) is 8. The Hall–Kier alpha value is -5.23. The van der Waals surface area contributed by atoms with Gasteiger partial charge in [-0.2, -0.15) is 0 Å². The molecule has 3 saturated carbocycles. The predicted molar refractivity (Wildman–Crippen MR) is 386 cm³/mol. The molecule has 500 valence electrons. The molecule has 1 saturated heterocycles. The first-order valence-corrected chi connectivity index (χ1v) is 39.8. The number of H-pyrrole nitrogens is 1. The predicted octanol–water partition coefficient (Wildman–Crippen LogP) is 16.1. The van der Waals surface area contributed by atoms with E-state index in [0.29, 0.717) is 59.7 Å². The van der Waals surface area contributed by atoms with Crippen LogP contribution in [-0.4, -0.2) is 97.2 Å². The van der Waals surface area contributed by atoms with Crippen LogP contribution in [0.3, 0.4) is 0 Å². The molecule has 6 aromatic carbocycles. The van der Waals surface area contributed by atoms with Crippen molar-refractivity contribution in [1.29, 1.82) is 0 Å². The van der Waals surface area contributed by atoms with Gasteiger partial charge in [0.15, 0.2) is 28.8 Å². The highest BCUT2D eigenvalue weighted by Gasteiger charge is 2.62. The fraction of sp³-hybridized carbons (Fsp3) is 0.506. The summed E-state index contributed by atoms with van der Waals surface area (Å²) in [5, 5.41) is 82.2. The van der Waals surface area contributed by atoms with E-state index in [0.717, 1.165) is 151 Å². The molecule has 13 atom stereocenters. The van der Waals surface area contributed by atoms with E-state index in [1.54, 1.807) is 68.5 Å². The van der Waals surface area contributed by atoms with E-state index in [1.165, 1.54) is 11.1 Å². The molecule has 94 heavy (non-hydrogen) atoms. The number of aliphatic hydroxyl groups is 3. The van der Waals surface area contributed by atoms with Crippen molar-refractivity contribution < 1.29 is 44.9 Å². The Balaban J connectivity index is 0.993. The van der Waals surface area contributed by atoms with Gasteiger partial charge < -0.3 is 50.4 Å². The summed E-state index contributed by atoms with van der Waals surface area (Å²) in [5.41, 5.74) is 8.47. The quantitative estimate of drug-likeness (QED) is 0.0510. The third-order valence-corrected chi connectivity index (χ3v) is 28.2. The molecular formula is C79H96N2O9S4. The van der Waals surface area contributed by atoms with Crippen LogP contribution in [0.25, 0.3) is 10.8 Å². The van der Waals surface area contributed by atoms with Crippen LogP contribution in [0.2, 0.25) is 0 Å². The van der Waals surface area contributed by atoms with Crippen LogP contribution in [0.4, 0.5) is 0 Å². The van der Waals surface area contributed by atoms with Gasteiger partial charge in [-0.15, -0.1) is 0 Å². The smallest absolute Gasteiger partial charge is 0.164 e. The van der Waals surface area contributed by atoms with Crippen LogP contribution < -0.4 is 14.8 Å². The van der Waals surface area contributed by atoms with Crippen LogP contribution in [0.1, 0.15) is 164 Å². The number of piperidine rings is 1. The maximum Gasteiger partial charge on any atom is 0.164 e. The molecule has 4 fully saturated rings. The second-order valence-corrected chi connectivity index (χ2v) is 33.9. The van der Waals surface area contributed by atoms with Crippen molar-refractivity contribution >= 4 is 59.7 Å². The molecule has 3 aliphatic heterocycles. The summed E-state index contributed by atoms with van der Waals surface area (Å²) in [4.78, 5) is 21.3. The van der Waals surface area contributed by atoms with Crippen molar-refractivity contribution in [3.05, 3.63) is 183 Å². The number of aromatic nitrogens is 1. The molecule has 0 amide bonds. The Bertz CT molecular complexity index is 3780. The minimum Gasteiger partial charge on any atom is -0.508 e. The number of ketones is 1. The highest BCUT2D eigenvalue weighted by atomic mass is 33.1. The van der Waals surface area contributed by atoms with Crippen molar-refractivity contribution in [1.82, 2.24) is 10.3 Å². The first kappa shape index (κ1) is 67.3. The van der Waals surface area contributed by atoms with Crippen molar-refractivity contribution in [2.45, 2.75) is 170 Å². The van der Waals surface area contributed by atoms with E-state index in [4.69, 9.17) is 9.47 Å². The fourth-order valence-electron chi connectivity index (χ4n) is 18.2. The molecule has 2 bridgehead atoms. The molecule has 0 radical (unpaired) electrons. The number of methoxy groups -OCH3 is 1. The number of hydrogen-bond acceptors (Lipinski definition) is 14. The molecule has 13 rings (SSSR count). The number of ether oxygens (including phenoxy) is 2. The van der Waals surface area contributed by atoms with Gasteiger partial charge >= 0.3 is 0 Å². The van der Waals surface area contributed by atoms with Gasteiger partial charge in [-0.3, -0.25) is 4.79 Å². The van der Waals surface area contributed by atoms with Crippen LogP contribution in [0, 0.1) is 41.4 Å². The molecule has 11 nitrogen and oxygen atoms in total. The topological polar surface area (TPSA) is 185 Å². The van der Waals surface area contributed by atoms with Crippen molar-refractivity contribution in [3.8, 4) is 28.7 Å². The maximum absolute atomic E-state index is 18.0. The number of carbonyl (C=O) groups excluding carboxylic acids is 1. The lowest BCUT2D eigenvalue weighted by molar-refractivity contribution is -0.150. The summed E-state index contributed by atoms with van der Waals surface area (Å²) in [6.07, 6.45) is 15.3. The summed E-state index contributed by atoms with van der Waals surface area (Å²) in [5.74, 6) is 0.602. The Morgan fingerprint density at radius 3 is 2.37 bits per heavy atom. The number of nitrogens with one attached hydrogen (secondary N) is 2. The minimum absolute atomic E-state index is 0.00621. The monoisotopic (exact) mass is 1340 g/mol. The van der Waals surface area contributed by atoms with Crippen LogP contribution in [0.15, 0.2) is 122 Å². The average Bonchev–Trinajstić information content (AvgIpc) is 0.735. The number of rotatable bonds is 13. The Morgan fingerprint density at radius 1 is 0.755 bits per heavy atom. The SMILES string of the molecule is CCc1ccc2cccc3c2c1Cc1c(ccc(O)c1OC)CC(Cc1cc[nH]c1)C(O)C1C(=O)C(c2cc(O)cc(C45CCCC(Cc6cccc(CCC(C)C)c6)C4CCCN5)c2)(C2CSSCC4CCCCC4Oc4cc2ccc4O)C(O)CC1CSSC3CO. The number of carbonyl (C=O) groups is 1. The van der Waals surface area contributed by atoms with Gasteiger partial charge in [-0.25, -0.2) is 0 Å². The average molecular weight is 1350 g/mol. The summed E-state index contributed by atoms with van der Waals surface area (Å²) < 4.78 is 13.1. The van der Waals surface area contributed by atoms with Gasteiger partial charge in [0.1, 0.15) is 11.9 Å². The summed E-state index contributed by atoms with van der Waals surface area (Å²) >= 11 is 0. The number of aromatic amines is 1. The largest absolute Gasteiger partial charge is 0.508 e. The van der Waals surface area contributed by atoms with Crippen molar-refractivity contribution in [2.24, 2.45) is 41.4 Å². The number of Topliss-reactive ketones (excluding diaryl/α,β-unsaturated/α-hetero) is 1. The highest BCUT2D eigenvalue weighted by Crippen LogP contribution is 2.59. The van der Waals surface area contributed by atoms with E-state index >= 15 is 4.79 Å². The molecule has 15 heteroatoms. The van der Waals surface area contributed by atoms with Crippen LogP contribution >= 0.6 is 43.2 Å². The van der Waals surface area contributed by atoms with Crippen LogP contribution in [-0.2, 0) is 54.3 Å². The molecule has 8 N–H and O–H groups in total. The fourth-order valence-corrected chi connectivity index (χ4v) is 23.9. The van der Waals surface area contributed by atoms with Gasteiger partial charge in [-0.05, 0) is 229 Å². The summed E-state index contributed by atoms with van der Waals surface area (Å²) in [6, 6.07) is 36.9. The minimum atomic E-state index is -1.77. The molecule has 6 aliphatic rings. The lowest BCUT2D eigenvalue weighted by Crippen LogP contribution is -2.63. The first-order chi connectivity index (χ1) is 45.7. The number of phenols is 3. The molecule has 13 unspecified atom stereocenters. The first-order valence-electron chi connectivity index (χ1n) is 34.9. The number of benzene rings is 6. The van der Waals surface area contributed by atoms with Gasteiger partial charge in [0.05, 0.1) is 36.6 Å². The van der Waals surface area contributed by atoms with Gasteiger partial charge in [0, 0.05) is 64.9 Å². The van der Waals surface area contributed by atoms with E-state index in [2.05, 4.69) is 91.7 Å². The zero-order valence-corrected chi connectivity index (χ0v) is 58.3. The van der Waals surface area contributed by atoms with Gasteiger partial charge in [0.2, 0.25) is 0 Å². The van der Waals surface area contributed by atoms with Gasteiger partial charge in [0.25, 0.3) is 0 Å².